The zero-order valence-corrected chi connectivity index (χ0v) is 17.3. The molecule has 1 aliphatic heterocycles. The fraction of sp³-hybridized carbons (Fsp3) is 0.300. The van der Waals surface area contributed by atoms with Gasteiger partial charge >= 0.3 is 6.18 Å². The maximum absolute atomic E-state index is 12.9. The average molecular weight is 468 g/mol. The quantitative estimate of drug-likeness (QED) is 0.636. The Bertz CT molecular complexity index is 1170. The molecule has 1 saturated heterocycles. The van der Waals surface area contributed by atoms with Crippen LogP contribution in [-0.4, -0.2) is 57.8 Å². The fourth-order valence-corrected chi connectivity index (χ4v) is 3.44. The van der Waals surface area contributed by atoms with E-state index in [0.29, 0.717) is 37.2 Å². The molecular weight excluding hydrogens is 451 g/mol. The first kappa shape index (κ1) is 22.0. The van der Waals surface area contributed by atoms with Crippen LogP contribution < -0.4 is 5.32 Å². The molecule has 1 N–H and O–H groups in total. The van der Waals surface area contributed by atoms with Crippen LogP contribution in [0.15, 0.2) is 36.5 Å². The lowest BCUT2D eigenvalue weighted by atomic mass is 10.2. The number of carbonyl (C=O) groups excluding carboxylic acids is 2. The molecule has 2 amide bonds. The van der Waals surface area contributed by atoms with Gasteiger partial charge < -0.3 is 15.0 Å². The predicted octanol–water partition coefficient (Wildman–Crippen LogP) is 3.21. The van der Waals surface area contributed by atoms with Crippen LogP contribution in [0.5, 0.6) is 0 Å². The van der Waals surface area contributed by atoms with Crippen LogP contribution in [0.4, 0.5) is 18.9 Å². The lowest BCUT2D eigenvalue weighted by molar-refractivity contribution is -0.141. The van der Waals surface area contributed by atoms with Crippen LogP contribution in [0.3, 0.4) is 0 Å². The van der Waals surface area contributed by atoms with Gasteiger partial charge in [-0.05, 0) is 24.3 Å². The first-order valence-corrected chi connectivity index (χ1v) is 9.96. The van der Waals surface area contributed by atoms with Gasteiger partial charge in [-0.1, -0.05) is 17.7 Å². The molecule has 2 aromatic heterocycles. The highest BCUT2D eigenvalue weighted by Gasteiger charge is 2.33. The van der Waals surface area contributed by atoms with Crippen molar-refractivity contribution < 1.29 is 27.5 Å². The Balaban J connectivity index is 1.52. The molecule has 3 heterocycles. The maximum Gasteiger partial charge on any atom is 0.433 e. The van der Waals surface area contributed by atoms with Crippen molar-refractivity contribution in [2.75, 3.05) is 31.6 Å². The molecule has 0 saturated carbocycles. The topological polar surface area (TPSA) is 89.4 Å². The normalized spacial score (nSPS) is 14.6. The zero-order chi connectivity index (χ0) is 22.9. The van der Waals surface area contributed by atoms with E-state index in [1.54, 1.807) is 11.1 Å². The maximum atomic E-state index is 12.9. The number of morpholine rings is 1. The van der Waals surface area contributed by atoms with E-state index < -0.39 is 23.5 Å². The van der Waals surface area contributed by atoms with E-state index in [-0.39, 0.29) is 23.2 Å². The molecule has 0 radical (unpaired) electrons. The van der Waals surface area contributed by atoms with Crippen molar-refractivity contribution in [1.29, 1.82) is 0 Å². The van der Waals surface area contributed by atoms with Gasteiger partial charge in [0.15, 0.2) is 0 Å². The minimum absolute atomic E-state index is 0.0299. The third kappa shape index (κ3) is 4.83. The van der Waals surface area contributed by atoms with Crippen molar-refractivity contribution in [1.82, 2.24) is 19.7 Å². The van der Waals surface area contributed by atoms with Crippen molar-refractivity contribution in [2.45, 2.75) is 12.7 Å². The van der Waals surface area contributed by atoms with Gasteiger partial charge in [-0.3, -0.25) is 14.3 Å². The Labute approximate surface area is 184 Å². The van der Waals surface area contributed by atoms with E-state index in [9.17, 15) is 22.8 Å². The Morgan fingerprint density at radius 1 is 1.19 bits per heavy atom. The molecule has 4 rings (SSSR count). The molecule has 3 aromatic rings. The highest BCUT2D eigenvalue weighted by atomic mass is 35.5. The average Bonchev–Trinajstić information content (AvgIpc) is 3.14. The van der Waals surface area contributed by atoms with Crippen molar-refractivity contribution in [3.63, 3.8) is 0 Å². The van der Waals surface area contributed by atoms with Gasteiger partial charge in [0, 0.05) is 24.7 Å². The highest BCUT2D eigenvalue weighted by Crippen LogP contribution is 2.29. The van der Waals surface area contributed by atoms with Crippen LogP contribution in [0.25, 0.3) is 10.9 Å². The van der Waals surface area contributed by atoms with Gasteiger partial charge in [-0.25, -0.2) is 4.98 Å². The number of hydrogen-bond donors (Lipinski definition) is 1. The number of carbonyl (C=O) groups is 2. The minimum atomic E-state index is -4.67. The Morgan fingerprint density at radius 2 is 1.94 bits per heavy atom. The Kier molecular flexibility index (Phi) is 6.02. The van der Waals surface area contributed by atoms with Crippen LogP contribution in [0, 0.1) is 0 Å². The summed E-state index contributed by atoms with van der Waals surface area (Å²) in [5.41, 5.74) is -0.886. The molecule has 0 spiro atoms. The van der Waals surface area contributed by atoms with E-state index >= 15 is 0 Å². The first-order chi connectivity index (χ1) is 15.2. The number of rotatable bonds is 4. The SMILES string of the molecule is O=C(Nc1cc2cn(CC(=O)N3CCOCC3)nc2cc1Cl)c1cccc(C(F)(F)F)n1. The van der Waals surface area contributed by atoms with Crippen molar-refractivity contribution in [3.8, 4) is 0 Å². The number of pyridine rings is 1. The molecule has 8 nitrogen and oxygen atoms in total. The fourth-order valence-electron chi connectivity index (χ4n) is 3.23. The van der Waals surface area contributed by atoms with Crippen molar-refractivity contribution in [2.24, 2.45) is 0 Å². The summed E-state index contributed by atoms with van der Waals surface area (Å²) in [4.78, 5) is 29.9. The van der Waals surface area contributed by atoms with Crippen LogP contribution in [0.2, 0.25) is 5.02 Å². The smallest absolute Gasteiger partial charge is 0.378 e. The van der Waals surface area contributed by atoms with E-state index in [4.69, 9.17) is 16.3 Å². The number of aromatic nitrogens is 3. The second-order valence-corrected chi connectivity index (χ2v) is 7.48. The summed E-state index contributed by atoms with van der Waals surface area (Å²) in [5.74, 6) is -0.941. The number of alkyl halides is 3. The number of hydrogen-bond acceptors (Lipinski definition) is 5. The van der Waals surface area contributed by atoms with Gasteiger partial charge in [0.05, 0.1) is 29.4 Å². The van der Waals surface area contributed by atoms with Crippen molar-refractivity contribution >= 4 is 40.0 Å². The van der Waals surface area contributed by atoms with E-state index in [1.807, 2.05) is 0 Å². The Hall–Kier alpha value is -3.18. The molecule has 1 aliphatic rings. The van der Waals surface area contributed by atoms with Gasteiger partial charge in [0.25, 0.3) is 5.91 Å². The molecule has 0 unspecified atom stereocenters. The first-order valence-electron chi connectivity index (χ1n) is 9.58. The van der Waals surface area contributed by atoms with Gasteiger partial charge in [0.1, 0.15) is 17.9 Å². The predicted molar refractivity (Wildman–Crippen MR) is 109 cm³/mol. The number of anilines is 1. The number of nitrogens with one attached hydrogen (secondary N) is 1. The van der Waals surface area contributed by atoms with Crippen LogP contribution in [0.1, 0.15) is 16.2 Å². The third-order valence-corrected chi connectivity index (χ3v) is 5.13. The molecule has 32 heavy (non-hydrogen) atoms. The minimum Gasteiger partial charge on any atom is -0.378 e. The van der Waals surface area contributed by atoms with E-state index in [0.717, 1.165) is 12.1 Å². The lowest BCUT2D eigenvalue weighted by Crippen LogP contribution is -2.42. The molecule has 0 bridgehead atoms. The van der Waals surface area contributed by atoms with Crippen molar-refractivity contribution in [3.05, 3.63) is 52.9 Å². The summed E-state index contributed by atoms with van der Waals surface area (Å²) < 4.78 is 45.3. The van der Waals surface area contributed by atoms with E-state index in [2.05, 4.69) is 15.4 Å². The second-order valence-electron chi connectivity index (χ2n) is 7.07. The number of nitrogens with zero attached hydrogens (tertiary/aromatic N) is 4. The number of amides is 2. The molecular formula is C20H17ClF3N5O3. The zero-order valence-electron chi connectivity index (χ0n) is 16.5. The molecule has 1 aromatic carbocycles. The molecule has 0 aliphatic carbocycles. The monoisotopic (exact) mass is 467 g/mol. The molecule has 1 fully saturated rings. The molecule has 168 valence electrons. The second kappa shape index (κ2) is 8.75. The van der Waals surface area contributed by atoms with Gasteiger partial charge in [0.2, 0.25) is 5.91 Å². The largest absolute Gasteiger partial charge is 0.433 e. The van der Waals surface area contributed by atoms with Gasteiger partial charge in [-0.2, -0.15) is 18.3 Å². The Morgan fingerprint density at radius 3 is 2.66 bits per heavy atom. The number of fused-ring (bicyclic) bond motifs is 1. The number of benzene rings is 1. The molecule has 0 atom stereocenters. The number of halogens is 4. The number of ether oxygens (including phenoxy) is 1. The molecule has 12 heteroatoms. The third-order valence-electron chi connectivity index (χ3n) is 4.82. The summed E-state index contributed by atoms with van der Waals surface area (Å²) in [6.07, 6.45) is -3.04. The summed E-state index contributed by atoms with van der Waals surface area (Å²) in [6, 6.07) is 6.09. The summed E-state index contributed by atoms with van der Waals surface area (Å²) in [6.45, 7) is 2.05. The standard InChI is InChI=1S/C20H17ClF3N5O3/c21-13-9-15-12(10-29(27-15)11-18(30)28-4-6-32-7-5-28)8-16(13)26-19(31)14-2-1-3-17(25-14)20(22,23)24/h1-3,8-10H,4-7,11H2,(H,26,31). The summed E-state index contributed by atoms with van der Waals surface area (Å²) in [5, 5.41) is 7.54. The van der Waals surface area contributed by atoms with E-state index in [1.165, 1.54) is 22.9 Å². The summed E-state index contributed by atoms with van der Waals surface area (Å²) in [7, 11) is 0. The highest BCUT2D eigenvalue weighted by molar-refractivity contribution is 6.34. The van der Waals surface area contributed by atoms with Gasteiger partial charge in [-0.15, -0.1) is 0 Å². The summed E-state index contributed by atoms with van der Waals surface area (Å²) >= 11 is 6.22. The lowest BCUT2D eigenvalue weighted by Gasteiger charge is -2.26. The van der Waals surface area contributed by atoms with Crippen LogP contribution >= 0.6 is 11.6 Å². The van der Waals surface area contributed by atoms with Crippen LogP contribution in [-0.2, 0) is 22.3 Å².